The number of hydrogen-bond donors (Lipinski definition) is 2. The summed E-state index contributed by atoms with van der Waals surface area (Å²) in [5, 5.41) is 20.7. The number of aliphatic hydroxyl groups is 1. The zero-order valence-electron chi connectivity index (χ0n) is 18.9. The van der Waals surface area contributed by atoms with Crippen LogP contribution in [0.25, 0.3) is 0 Å². The Hall–Kier alpha value is -1.96. The van der Waals surface area contributed by atoms with Crippen LogP contribution in [-0.4, -0.2) is 57.3 Å². The fourth-order valence-corrected chi connectivity index (χ4v) is 4.48. The number of benzene rings is 1. The Labute approximate surface area is 179 Å². The second kappa shape index (κ2) is 8.65. The van der Waals surface area contributed by atoms with Crippen molar-refractivity contribution < 1.29 is 9.52 Å². The van der Waals surface area contributed by atoms with E-state index < -0.39 is 6.10 Å². The molecule has 2 aliphatic rings. The van der Waals surface area contributed by atoms with Gasteiger partial charge < -0.3 is 14.8 Å². The molecular formula is C23H35N5O2. The highest BCUT2D eigenvalue weighted by molar-refractivity contribution is 5.61. The molecule has 1 saturated heterocycles. The third-order valence-electron chi connectivity index (χ3n) is 6.69. The van der Waals surface area contributed by atoms with Gasteiger partial charge in [0.15, 0.2) is 0 Å². The number of nitrogens with zero attached hydrogens (tertiary/aromatic N) is 4. The molecule has 7 heteroatoms. The van der Waals surface area contributed by atoms with E-state index in [0.717, 1.165) is 43.7 Å². The Morgan fingerprint density at radius 2 is 2.00 bits per heavy atom. The van der Waals surface area contributed by atoms with E-state index in [0.29, 0.717) is 12.1 Å². The van der Waals surface area contributed by atoms with Crippen LogP contribution in [-0.2, 0) is 6.54 Å². The zero-order valence-corrected chi connectivity index (χ0v) is 18.9. The maximum absolute atomic E-state index is 9.60. The van der Waals surface area contributed by atoms with E-state index in [9.17, 15) is 5.11 Å². The van der Waals surface area contributed by atoms with Gasteiger partial charge in [0.05, 0.1) is 0 Å². The van der Waals surface area contributed by atoms with Gasteiger partial charge >= 0.3 is 6.01 Å². The maximum Gasteiger partial charge on any atom is 0.320 e. The first-order valence-corrected chi connectivity index (χ1v) is 11.1. The van der Waals surface area contributed by atoms with Crippen LogP contribution < -0.4 is 5.32 Å². The van der Waals surface area contributed by atoms with E-state index in [-0.39, 0.29) is 5.89 Å². The highest BCUT2D eigenvalue weighted by Crippen LogP contribution is 2.38. The molecule has 1 aromatic carbocycles. The molecule has 1 aliphatic carbocycles. The summed E-state index contributed by atoms with van der Waals surface area (Å²) in [6, 6.07) is 5.29. The summed E-state index contributed by atoms with van der Waals surface area (Å²) in [5.41, 5.74) is 4.69. The first-order valence-electron chi connectivity index (χ1n) is 11.1. The second-order valence-electron chi connectivity index (χ2n) is 9.40. The summed E-state index contributed by atoms with van der Waals surface area (Å²) in [4.78, 5) is 5.25. The maximum atomic E-state index is 9.60. The number of piperazine rings is 1. The van der Waals surface area contributed by atoms with Gasteiger partial charge in [-0.25, -0.2) is 0 Å². The average Bonchev–Trinajstić information content (AvgIpc) is 3.17. The topological polar surface area (TPSA) is 77.7 Å². The molecule has 4 rings (SSSR count). The molecule has 30 heavy (non-hydrogen) atoms. The molecule has 2 fully saturated rings. The van der Waals surface area contributed by atoms with Crippen LogP contribution in [0.2, 0.25) is 0 Å². The first kappa shape index (κ1) is 21.3. The minimum Gasteiger partial charge on any atom is -0.405 e. The van der Waals surface area contributed by atoms with Gasteiger partial charge in [0.1, 0.15) is 6.10 Å². The van der Waals surface area contributed by atoms with Crippen LogP contribution in [0.15, 0.2) is 16.5 Å². The van der Waals surface area contributed by atoms with Crippen molar-refractivity contribution in [1.82, 2.24) is 20.0 Å². The molecular weight excluding hydrogens is 378 g/mol. The fraction of sp³-hybridized carbons (Fsp3) is 0.652. The van der Waals surface area contributed by atoms with Crippen molar-refractivity contribution >= 4 is 11.7 Å². The molecule has 0 radical (unpaired) electrons. The number of anilines is 2. The molecule has 164 valence electrons. The Morgan fingerprint density at radius 3 is 2.63 bits per heavy atom. The standard InChI is InChI=1S/C23H35N5O2/c1-14-8-20(12-27-6-7-28(16(3)11-27)13-19-10-15(19)2)17(4)21(9-14)24-23-26-25-22(30-23)18(5)29/h8-9,15-16,18-19,29H,6-7,10-13H2,1-5H3,(H,24,26)/t15?,16-,18?,19?/m0/s1. The van der Waals surface area contributed by atoms with E-state index in [1.54, 1.807) is 6.92 Å². The number of rotatable bonds is 7. The normalized spacial score (nSPS) is 26.0. The van der Waals surface area contributed by atoms with Crippen molar-refractivity contribution in [2.75, 3.05) is 31.5 Å². The number of aryl methyl sites for hydroxylation is 1. The molecule has 2 heterocycles. The van der Waals surface area contributed by atoms with E-state index in [4.69, 9.17) is 4.42 Å². The highest BCUT2D eigenvalue weighted by Gasteiger charge is 2.36. The van der Waals surface area contributed by atoms with Gasteiger partial charge in [-0.2, -0.15) is 0 Å². The smallest absolute Gasteiger partial charge is 0.320 e. The van der Waals surface area contributed by atoms with Crippen LogP contribution in [0.3, 0.4) is 0 Å². The quantitative estimate of drug-likeness (QED) is 0.717. The summed E-state index contributed by atoms with van der Waals surface area (Å²) >= 11 is 0. The van der Waals surface area contributed by atoms with E-state index in [1.807, 2.05) is 0 Å². The van der Waals surface area contributed by atoms with Gasteiger partial charge in [-0.15, -0.1) is 5.10 Å². The van der Waals surface area contributed by atoms with Crippen molar-refractivity contribution in [3.63, 3.8) is 0 Å². The van der Waals surface area contributed by atoms with E-state index >= 15 is 0 Å². The monoisotopic (exact) mass is 413 g/mol. The summed E-state index contributed by atoms with van der Waals surface area (Å²) in [7, 11) is 0. The predicted octanol–water partition coefficient (Wildman–Crippen LogP) is 3.65. The van der Waals surface area contributed by atoms with Crippen LogP contribution in [0.5, 0.6) is 0 Å². The van der Waals surface area contributed by atoms with Crippen LogP contribution in [0.1, 0.15) is 55.9 Å². The zero-order chi connectivity index (χ0) is 21.4. The number of aromatic nitrogens is 2. The van der Waals surface area contributed by atoms with Crippen molar-refractivity contribution in [1.29, 1.82) is 0 Å². The summed E-state index contributed by atoms with van der Waals surface area (Å²) in [6.45, 7) is 16.2. The SMILES string of the molecule is Cc1cc(CN2CCN(CC3CC3C)[C@@H](C)C2)c(C)c(Nc2nnc(C(C)O)o2)c1. The Morgan fingerprint density at radius 1 is 1.23 bits per heavy atom. The van der Waals surface area contributed by atoms with Gasteiger partial charge in [0.2, 0.25) is 5.89 Å². The Kier molecular flexibility index (Phi) is 6.14. The molecule has 2 N–H and O–H groups in total. The fourth-order valence-electron chi connectivity index (χ4n) is 4.48. The van der Waals surface area contributed by atoms with Gasteiger partial charge in [0.25, 0.3) is 0 Å². The summed E-state index contributed by atoms with van der Waals surface area (Å²) < 4.78 is 5.50. The van der Waals surface area contributed by atoms with Gasteiger partial charge in [-0.1, -0.05) is 18.1 Å². The van der Waals surface area contributed by atoms with E-state index in [1.165, 1.54) is 29.7 Å². The molecule has 0 spiro atoms. The van der Waals surface area contributed by atoms with Crippen molar-refractivity contribution in [2.24, 2.45) is 11.8 Å². The molecule has 0 amide bonds. The minimum absolute atomic E-state index is 0.218. The van der Waals surface area contributed by atoms with Crippen LogP contribution in [0.4, 0.5) is 11.7 Å². The largest absolute Gasteiger partial charge is 0.405 e. The number of aliphatic hydroxyl groups excluding tert-OH is 1. The molecule has 1 aliphatic heterocycles. The van der Waals surface area contributed by atoms with Gasteiger partial charge in [0, 0.05) is 44.5 Å². The second-order valence-corrected chi connectivity index (χ2v) is 9.40. The highest BCUT2D eigenvalue weighted by atomic mass is 16.4. The summed E-state index contributed by atoms with van der Waals surface area (Å²) in [5.74, 6) is 2.06. The van der Waals surface area contributed by atoms with Crippen molar-refractivity contribution in [3.05, 3.63) is 34.7 Å². The lowest BCUT2D eigenvalue weighted by Crippen LogP contribution is -2.52. The Bertz CT molecular complexity index is 880. The predicted molar refractivity (Wildman–Crippen MR) is 118 cm³/mol. The Balaban J connectivity index is 1.41. The molecule has 1 saturated carbocycles. The third-order valence-corrected chi connectivity index (χ3v) is 6.69. The van der Waals surface area contributed by atoms with Gasteiger partial charge in [-0.05, 0) is 68.7 Å². The van der Waals surface area contributed by atoms with Gasteiger partial charge in [-0.3, -0.25) is 9.80 Å². The lowest BCUT2D eigenvalue weighted by Gasteiger charge is -2.40. The van der Waals surface area contributed by atoms with Crippen LogP contribution >= 0.6 is 0 Å². The lowest BCUT2D eigenvalue weighted by atomic mass is 10.0. The number of nitrogens with one attached hydrogen (secondary N) is 1. The lowest BCUT2D eigenvalue weighted by molar-refractivity contribution is 0.0743. The first-order chi connectivity index (χ1) is 14.3. The van der Waals surface area contributed by atoms with Crippen molar-refractivity contribution in [2.45, 2.75) is 59.7 Å². The minimum atomic E-state index is -0.772. The third kappa shape index (κ3) is 4.85. The molecule has 4 atom stereocenters. The molecule has 0 bridgehead atoms. The molecule has 7 nitrogen and oxygen atoms in total. The van der Waals surface area contributed by atoms with Crippen molar-refractivity contribution in [3.8, 4) is 0 Å². The number of hydrogen-bond acceptors (Lipinski definition) is 7. The van der Waals surface area contributed by atoms with E-state index in [2.05, 4.69) is 65.1 Å². The molecule has 3 unspecified atom stereocenters. The van der Waals surface area contributed by atoms with Crippen LogP contribution in [0, 0.1) is 25.7 Å². The summed E-state index contributed by atoms with van der Waals surface area (Å²) in [6.07, 6.45) is 0.634. The molecule has 2 aromatic rings. The average molecular weight is 414 g/mol. The molecule has 1 aromatic heterocycles.